The molecule has 1 aromatic rings. The summed E-state index contributed by atoms with van der Waals surface area (Å²) < 4.78 is 17.6. The van der Waals surface area contributed by atoms with Crippen LogP contribution in [0, 0.1) is 0 Å². The third-order valence-corrected chi connectivity index (χ3v) is 10.8. The predicted molar refractivity (Wildman–Crippen MR) is 129 cm³/mol. The Kier molecular flexibility index (Phi) is 11.3. The number of methoxy groups -OCH3 is 1. The van der Waals surface area contributed by atoms with E-state index in [1.165, 1.54) is 0 Å². The Morgan fingerprint density at radius 1 is 1.07 bits per heavy atom. The quantitative estimate of drug-likeness (QED) is 0.206. The number of rotatable bonds is 14. The first kappa shape index (κ1) is 26.9. The van der Waals surface area contributed by atoms with Gasteiger partial charge in [0.1, 0.15) is 5.75 Å². The molecular weight excluding hydrogens is 392 g/mol. The average Bonchev–Trinajstić information content (AvgIpc) is 2.68. The molecule has 1 unspecified atom stereocenters. The molecule has 0 heterocycles. The monoisotopic (exact) mass is 436 g/mol. The lowest BCUT2D eigenvalue weighted by molar-refractivity contribution is -0.0320. The Morgan fingerprint density at radius 3 is 2.20 bits per heavy atom. The van der Waals surface area contributed by atoms with Gasteiger partial charge in [0.25, 0.3) is 0 Å². The molecule has 4 nitrogen and oxygen atoms in total. The average molecular weight is 437 g/mol. The molecule has 0 fully saturated rings. The van der Waals surface area contributed by atoms with Gasteiger partial charge in [0.05, 0.1) is 25.9 Å². The van der Waals surface area contributed by atoms with Gasteiger partial charge in [-0.15, -0.1) is 6.58 Å². The van der Waals surface area contributed by atoms with Crippen molar-refractivity contribution in [2.24, 2.45) is 0 Å². The molecule has 0 saturated heterocycles. The smallest absolute Gasteiger partial charge is 0.192 e. The molecule has 1 N–H and O–H groups in total. The molecule has 0 radical (unpaired) electrons. The maximum absolute atomic E-state index is 10.2. The van der Waals surface area contributed by atoms with E-state index in [9.17, 15) is 5.11 Å². The minimum Gasteiger partial charge on any atom is -0.497 e. The summed E-state index contributed by atoms with van der Waals surface area (Å²) in [6.45, 7) is 17.9. The topological polar surface area (TPSA) is 47.9 Å². The second-order valence-electron chi connectivity index (χ2n) is 9.75. The van der Waals surface area contributed by atoms with E-state index >= 15 is 0 Å². The SMILES string of the molecule is C=CC(O)[C@@H](CCCCC[C@H](C)O[Si](C)(C)C(C)(C)C)OCc1ccc(OC)cc1. The number of aliphatic hydroxyl groups is 1. The molecule has 1 aromatic carbocycles. The van der Waals surface area contributed by atoms with Gasteiger partial charge in [0.2, 0.25) is 0 Å². The molecule has 0 aromatic heterocycles. The Hall–Kier alpha value is -1.14. The van der Waals surface area contributed by atoms with Gasteiger partial charge in [-0.2, -0.15) is 0 Å². The standard InChI is InChI=1S/C25H44O4Si/c1-9-23(26)24(28-19-21-15-17-22(27-6)18-16-21)14-12-10-11-13-20(2)29-30(7,8)25(3,4)5/h9,15-18,20,23-24,26H,1,10-14,19H2,2-8H3/t20-,23?,24+/m0/s1. The minimum absolute atomic E-state index is 0.231. The first-order valence-corrected chi connectivity index (χ1v) is 14.1. The number of ether oxygens (including phenoxy) is 2. The van der Waals surface area contributed by atoms with Gasteiger partial charge in [-0.1, -0.05) is 58.2 Å². The van der Waals surface area contributed by atoms with Crippen molar-refractivity contribution in [1.29, 1.82) is 0 Å². The molecular formula is C25H44O4Si. The number of benzene rings is 1. The summed E-state index contributed by atoms with van der Waals surface area (Å²) in [4.78, 5) is 0. The van der Waals surface area contributed by atoms with Crippen LogP contribution in [0.25, 0.3) is 0 Å². The Morgan fingerprint density at radius 2 is 1.67 bits per heavy atom. The zero-order valence-electron chi connectivity index (χ0n) is 20.2. The second kappa shape index (κ2) is 12.6. The maximum atomic E-state index is 10.2. The van der Waals surface area contributed by atoms with Crippen LogP contribution in [-0.4, -0.2) is 38.8 Å². The van der Waals surface area contributed by atoms with Crippen molar-refractivity contribution < 1.29 is 19.0 Å². The van der Waals surface area contributed by atoms with Crippen LogP contribution in [0.15, 0.2) is 36.9 Å². The summed E-state index contributed by atoms with van der Waals surface area (Å²) >= 11 is 0. The summed E-state index contributed by atoms with van der Waals surface area (Å²) in [6, 6.07) is 7.81. The molecule has 5 heteroatoms. The number of hydrogen-bond acceptors (Lipinski definition) is 4. The largest absolute Gasteiger partial charge is 0.497 e. The van der Waals surface area contributed by atoms with Crippen LogP contribution in [0.2, 0.25) is 18.1 Å². The molecule has 0 aliphatic heterocycles. The lowest BCUT2D eigenvalue weighted by atomic mass is 10.0. The highest BCUT2D eigenvalue weighted by molar-refractivity contribution is 6.74. The van der Waals surface area contributed by atoms with Crippen molar-refractivity contribution >= 4 is 8.32 Å². The van der Waals surface area contributed by atoms with Gasteiger partial charge in [-0.25, -0.2) is 0 Å². The van der Waals surface area contributed by atoms with Gasteiger partial charge < -0.3 is 19.0 Å². The van der Waals surface area contributed by atoms with Crippen LogP contribution in [0.5, 0.6) is 5.75 Å². The highest BCUT2D eigenvalue weighted by Crippen LogP contribution is 2.37. The predicted octanol–water partition coefficient (Wildman–Crippen LogP) is 6.49. The zero-order chi connectivity index (χ0) is 22.8. The molecule has 0 spiro atoms. The third-order valence-electron chi connectivity index (χ3n) is 6.15. The van der Waals surface area contributed by atoms with Crippen molar-refractivity contribution in [2.45, 2.75) is 103 Å². The third kappa shape index (κ3) is 9.34. The van der Waals surface area contributed by atoms with Crippen LogP contribution in [-0.2, 0) is 15.8 Å². The van der Waals surface area contributed by atoms with Crippen molar-refractivity contribution in [3.8, 4) is 5.75 Å². The van der Waals surface area contributed by atoms with Gasteiger partial charge in [0.15, 0.2) is 8.32 Å². The summed E-state index contributed by atoms with van der Waals surface area (Å²) in [7, 11) is -0.0403. The molecule has 0 amide bonds. The first-order chi connectivity index (χ1) is 14.0. The zero-order valence-corrected chi connectivity index (χ0v) is 21.2. The molecule has 172 valence electrons. The molecule has 0 bridgehead atoms. The van der Waals surface area contributed by atoms with Crippen LogP contribution >= 0.6 is 0 Å². The fourth-order valence-corrected chi connectivity index (χ4v) is 4.60. The Balaban J connectivity index is 2.37. The van der Waals surface area contributed by atoms with E-state index in [2.05, 4.69) is 47.4 Å². The first-order valence-electron chi connectivity index (χ1n) is 11.2. The second-order valence-corrected chi connectivity index (χ2v) is 14.5. The van der Waals surface area contributed by atoms with Crippen LogP contribution in [0.3, 0.4) is 0 Å². The van der Waals surface area contributed by atoms with E-state index in [1.807, 2.05) is 24.3 Å². The Labute approximate surface area is 185 Å². The fourth-order valence-electron chi connectivity index (χ4n) is 3.12. The lowest BCUT2D eigenvalue weighted by Crippen LogP contribution is -2.43. The summed E-state index contributed by atoms with van der Waals surface area (Å²) in [5.41, 5.74) is 1.06. The van der Waals surface area contributed by atoms with E-state index in [0.717, 1.165) is 43.4 Å². The minimum atomic E-state index is -1.70. The highest BCUT2D eigenvalue weighted by Gasteiger charge is 2.38. The number of unbranched alkanes of at least 4 members (excludes halogenated alkanes) is 2. The van der Waals surface area contributed by atoms with E-state index in [-0.39, 0.29) is 11.1 Å². The van der Waals surface area contributed by atoms with Gasteiger partial charge in [0, 0.05) is 6.10 Å². The molecule has 1 rings (SSSR count). The Bertz CT molecular complexity index is 607. The normalized spacial score (nSPS) is 15.5. The number of hydrogen-bond donors (Lipinski definition) is 1. The van der Waals surface area contributed by atoms with Crippen molar-refractivity contribution in [2.75, 3.05) is 7.11 Å². The van der Waals surface area contributed by atoms with Gasteiger partial charge in [-0.3, -0.25) is 0 Å². The lowest BCUT2D eigenvalue weighted by Gasteiger charge is -2.38. The van der Waals surface area contributed by atoms with Crippen molar-refractivity contribution in [1.82, 2.24) is 0 Å². The van der Waals surface area contributed by atoms with E-state index in [4.69, 9.17) is 13.9 Å². The van der Waals surface area contributed by atoms with Crippen molar-refractivity contribution in [3.63, 3.8) is 0 Å². The van der Waals surface area contributed by atoms with Crippen LogP contribution in [0.1, 0.15) is 65.4 Å². The molecule has 0 aliphatic rings. The van der Waals surface area contributed by atoms with Gasteiger partial charge in [-0.05, 0) is 55.6 Å². The van der Waals surface area contributed by atoms with E-state index in [0.29, 0.717) is 12.7 Å². The summed E-state index contributed by atoms with van der Waals surface area (Å²) in [5, 5.41) is 10.5. The fraction of sp³-hybridized carbons (Fsp3) is 0.680. The van der Waals surface area contributed by atoms with E-state index < -0.39 is 14.4 Å². The maximum Gasteiger partial charge on any atom is 0.192 e. The summed E-state index contributed by atoms with van der Waals surface area (Å²) in [5.74, 6) is 0.827. The molecule has 3 atom stereocenters. The molecule has 30 heavy (non-hydrogen) atoms. The van der Waals surface area contributed by atoms with Gasteiger partial charge >= 0.3 is 0 Å². The van der Waals surface area contributed by atoms with Crippen LogP contribution < -0.4 is 4.74 Å². The molecule has 0 aliphatic carbocycles. The van der Waals surface area contributed by atoms with E-state index in [1.54, 1.807) is 13.2 Å². The number of aliphatic hydroxyl groups excluding tert-OH is 1. The summed E-state index contributed by atoms with van der Waals surface area (Å²) in [6.07, 6.45) is 6.14. The van der Waals surface area contributed by atoms with Crippen LogP contribution in [0.4, 0.5) is 0 Å². The highest BCUT2D eigenvalue weighted by atomic mass is 28.4. The molecule has 0 saturated carbocycles. The van der Waals surface area contributed by atoms with Crippen molar-refractivity contribution in [3.05, 3.63) is 42.5 Å².